The molecule has 20 heavy (non-hydrogen) atoms. The maximum atomic E-state index is 13.1. The third-order valence-corrected chi connectivity index (χ3v) is 2.89. The molecule has 0 saturated heterocycles. The monoisotopic (exact) mass is 283 g/mol. The normalized spacial score (nSPS) is 11.0. The summed E-state index contributed by atoms with van der Waals surface area (Å²) in [5, 5.41) is 11.7. The molecule has 1 amide bonds. The Kier molecular flexibility index (Phi) is 5.07. The zero-order valence-electron chi connectivity index (χ0n) is 11.7. The summed E-state index contributed by atoms with van der Waals surface area (Å²) >= 11 is 0. The van der Waals surface area contributed by atoms with E-state index in [0.717, 1.165) is 24.6 Å². The van der Waals surface area contributed by atoms with Gasteiger partial charge in [-0.25, -0.2) is 9.18 Å². The highest BCUT2D eigenvalue weighted by molar-refractivity contribution is 5.91. The Balaban J connectivity index is 2.73. The van der Waals surface area contributed by atoms with Crippen molar-refractivity contribution >= 4 is 11.9 Å². The number of carbonyl (C=O) groups is 2. The fourth-order valence-electron chi connectivity index (χ4n) is 1.44. The summed E-state index contributed by atoms with van der Waals surface area (Å²) in [4.78, 5) is 22.6. The summed E-state index contributed by atoms with van der Waals surface area (Å²) in [7, 11) is 0. The first-order valence-corrected chi connectivity index (χ1v) is 6.22. The highest BCUT2D eigenvalue weighted by atomic mass is 19.1. The van der Waals surface area contributed by atoms with Crippen LogP contribution in [-0.2, 0) is 4.79 Å². The van der Waals surface area contributed by atoms with E-state index in [2.05, 4.69) is 5.32 Å². The fourth-order valence-corrected chi connectivity index (χ4v) is 1.44. The molecule has 110 valence electrons. The third-order valence-electron chi connectivity index (χ3n) is 2.89. The first-order valence-electron chi connectivity index (χ1n) is 6.22. The lowest BCUT2D eigenvalue weighted by Crippen LogP contribution is -2.44. The molecule has 0 aliphatic heterocycles. The molecule has 0 radical (unpaired) electrons. The van der Waals surface area contributed by atoms with Crippen molar-refractivity contribution in [2.24, 2.45) is 0 Å². The van der Waals surface area contributed by atoms with Crippen LogP contribution in [0.3, 0.4) is 0 Å². The van der Waals surface area contributed by atoms with Gasteiger partial charge in [-0.05, 0) is 32.4 Å². The minimum atomic E-state index is -1.24. The molecule has 0 aliphatic carbocycles. The van der Waals surface area contributed by atoms with E-state index in [1.54, 1.807) is 0 Å². The Bertz CT molecular complexity index is 514. The van der Waals surface area contributed by atoms with Crippen LogP contribution in [0.4, 0.5) is 4.39 Å². The van der Waals surface area contributed by atoms with Crippen molar-refractivity contribution in [2.75, 3.05) is 6.61 Å². The molecular formula is C14H18FNO4. The molecule has 6 heteroatoms. The van der Waals surface area contributed by atoms with Gasteiger partial charge in [0.2, 0.25) is 0 Å². The summed E-state index contributed by atoms with van der Waals surface area (Å²) in [6.07, 6.45) is 0.735. The first kappa shape index (κ1) is 15.9. The van der Waals surface area contributed by atoms with Crippen LogP contribution in [0.5, 0.6) is 5.75 Å². The van der Waals surface area contributed by atoms with Crippen LogP contribution in [0.15, 0.2) is 18.2 Å². The number of ether oxygens (including phenoxy) is 1. The van der Waals surface area contributed by atoms with Crippen molar-refractivity contribution in [3.8, 4) is 5.75 Å². The lowest BCUT2D eigenvalue weighted by atomic mass is 10.0. The number of halogens is 1. The molecule has 0 unspecified atom stereocenters. The van der Waals surface area contributed by atoms with Gasteiger partial charge in [0.15, 0.2) is 6.61 Å². The van der Waals surface area contributed by atoms with E-state index >= 15 is 0 Å². The van der Waals surface area contributed by atoms with Gasteiger partial charge in [-0.1, -0.05) is 6.92 Å². The molecule has 5 nitrogen and oxygen atoms in total. The Hall–Kier alpha value is -2.11. The number of carbonyl (C=O) groups excluding carboxylic acids is 1. The van der Waals surface area contributed by atoms with Crippen LogP contribution >= 0.6 is 0 Å². The maximum Gasteiger partial charge on any atom is 0.339 e. The number of rotatable bonds is 6. The number of amides is 1. The second-order valence-electron chi connectivity index (χ2n) is 5.02. The molecule has 0 aliphatic rings. The summed E-state index contributed by atoms with van der Waals surface area (Å²) in [5.41, 5.74) is -0.563. The Labute approximate surface area is 116 Å². The molecule has 2 N–H and O–H groups in total. The van der Waals surface area contributed by atoms with Gasteiger partial charge in [0.25, 0.3) is 5.91 Å². The Morgan fingerprint density at radius 1 is 1.40 bits per heavy atom. The van der Waals surface area contributed by atoms with Crippen molar-refractivity contribution in [1.82, 2.24) is 5.32 Å². The fraction of sp³-hybridized carbons (Fsp3) is 0.429. The van der Waals surface area contributed by atoms with Crippen LogP contribution in [-0.4, -0.2) is 29.1 Å². The van der Waals surface area contributed by atoms with E-state index in [0.29, 0.717) is 0 Å². The molecule has 1 aromatic rings. The lowest BCUT2D eigenvalue weighted by Gasteiger charge is -2.24. The van der Waals surface area contributed by atoms with Gasteiger partial charge < -0.3 is 15.2 Å². The molecular weight excluding hydrogens is 265 g/mol. The van der Waals surface area contributed by atoms with E-state index in [1.165, 1.54) is 0 Å². The molecule has 0 spiro atoms. The SMILES string of the molecule is CCC(C)(C)NC(=O)COc1cc(F)ccc1C(=O)O. The minimum absolute atomic E-state index is 0.165. The quantitative estimate of drug-likeness (QED) is 0.839. The zero-order valence-corrected chi connectivity index (χ0v) is 11.7. The van der Waals surface area contributed by atoms with Gasteiger partial charge >= 0.3 is 5.97 Å². The number of aromatic carboxylic acids is 1. The second-order valence-corrected chi connectivity index (χ2v) is 5.02. The van der Waals surface area contributed by atoms with Crippen LogP contribution in [0.25, 0.3) is 0 Å². The highest BCUT2D eigenvalue weighted by Gasteiger charge is 2.19. The summed E-state index contributed by atoms with van der Waals surface area (Å²) < 4.78 is 18.2. The molecule has 0 saturated carbocycles. The molecule has 0 heterocycles. The van der Waals surface area contributed by atoms with E-state index in [9.17, 15) is 14.0 Å². The Morgan fingerprint density at radius 3 is 2.60 bits per heavy atom. The smallest absolute Gasteiger partial charge is 0.339 e. The topological polar surface area (TPSA) is 75.6 Å². The first-order chi connectivity index (χ1) is 9.25. The Morgan fingerprint density at radius 2 is 2.05 bits per heavy atom. The maximum absolute atomic E-state index is 13.1. The van der Waals surface area contributed by atoms with Crippen molar-refractivity contribution in [1.29, 1.82) is 0 Å². The van der Waals surface area contributed by atoms with E-state index in [4.69, 9.17) is 9.84 Å². The predicted molar refractivity (Wildman–Crippen MR) is 71.4 cm³/mol. The number of carboxylic acid groups (broad SMARTS) is 1. The van der Waals surface area contributed by atoms with Gasteiger partial charge in [-0.15, -0.1) is 0 Å². The number of carboxylic acids is 1. The predicted octanol–water partition coefficient (Wildman–Crippen LogP) is 2.21. The van der Waals surface area contributed by atoms with E-state index in [-0.39, 0.29) is 23.5 Å². The number of hydrogen-bond acceptors (Lipinski definition) is 3. The van der Waals surface area contributed by atoms with Crippen molar-refractivity contribution < 1.29 is 23.8 Å². The molecule has 0 fully saturated rings. The van der Waals surface area contributed by atoms with E-state index < -0.39 is 17.7 Å². The second kappa shape index (κ2) is 6.36. The average Bonchev–Trinajstić information content (AvgIpc) is 2.35. The molecule has 1 aromatic carbocycles. The number of hydrogen-bond donors (Lipinski definition) is 2. The molecule has 0 atom stereocenters. The number of nitrogens with one attached hydrogen (secondary N) is 1. The van der Waals surface area contributed by atoms with Gasteiger partial charge in [0.1, 0.15) is 17.1 Å². The van der Waals surface area contributed by atoms with Crippen molar-refractivity contribution in [3.63, 3.8) is 0 Å². The summed E-state index contributed by atoms with van der Waals surface area (Å²) in [6.45, 7) is 5.27. The summed E-state index contributed by atoms with van der Waals surface area (Å²) in [6, 6.07) is 3.07. The van der Waals surface area contributed by atoms with Gasteiger partial charge in [-0.2, -0.15) is 0 Å². The van der Waals surface area contributed by atoms with Gasteiger partial charge in [0, 0.05) is 11.6 Å². The van der Waals surface area contributed by atoms with Crippen molar-refractivity contribution in [2.45, 2.75) is 32.7 Å². The third kappa shape index (κ3) is 4.53. The standard InChI is InChI=1S/C14H18FNO4/c1-4-14(2,3)16-12(17)8-20-11-7-9(15)5-6-10(11)13(18)19/h5-7H,4,8H2,1-3H3,(H,16,17)(H,18,19). The molecule has 1 rings (SSSR count). The van der Waals surface area contributed by atoms with Crippen LogP contribution in [0.2, 0.25) is 0 Å². The van der Waals surface area contributed by atoms with Crippen molar-refractivity contribution in [3.05, 3.63) is 29.6 Å². The minimum Gasteiger partial charge on any atom is -0.483 e. The van der Waals surface area contributed by atoms with Crippen LogP contribution < -0.4 is 10.1 Å². The van der Waals surface area contributed by atoms with E-state index in [1.807, 2.05) is 20.8 Å². The van der Waals surface area contributed by atoms with Crippen LogP contribution in [0.1, 0.15) is 37.6 Å². The molecule has 0 aromatic heterocycles. The molecule has 0 bridgehead atoms. The average molecular weight is 283 g/mol. The zero-order chi connectivity index (χ0) is 15.3. The highest BCUT2D eigenvalue weighted by Crippen LogP contribution is 2.20. The number of benzene rings is 1. The summed E-state index contributed by atoms with van der Waals surface area (Å²) in [5.74, 6) is -2.42. The lowest BCUT2D eigenvalue weighted by molar-refractivity contribution is -0.124. The van der Waals surface area contributed by atoms with Gasteiger partial charge in [-0.3, -0.25) is 4.79 Å². The van der Waals surface area contributed by atoms with Crippen LogP contribution in [0, 0.1) is 5.82 Å². The van der Waals surface area contributed by atoms with Gasteiger partial charge in [0.05, 0.1) is 0 Å². The largest absolute Gasteiger partial charge is 0.483 e.